The monoisotopic (exact) mass is 256 g/mol. The minimum atomic E-state index is 0.476. The summed E-state index contributed by atoms with van der Waals surface area (Å²) in [6, 6.07) is 7.07. The van der Waals surface area contributed by atoms with Crippen molar-refractivity contribution in [3.63, 3.8) is 0 Å². The SMILES string of the molecule is Cc1noc(C)c1-c1cccc2c1CCN(C)C2C. The number of hydrogen-bond acceptors (Lipinski definition) is 3. The average Bonchev–Trinajstić information content (AvgIpc) is 2.73. The van der Waals surface area contributed by atoms with Crippen molar-refractivity contribution in [2.45, 2.75) is 33.2 Å². The Labute approximate surface area is 114 Å². The quantitative estimate of drug-likeness (QED) is 0.782. The van der Waals surface area contributed by atoms with Gasteiger partial charge in [-0.25, -0.2) is 0 Å². The van der Waals surface area contributed by atoms with Crippen LogP contribution < -0.4 is 0 Å². The summed E-state index contributed by atoms with van der Waals surface area (Å²) < 4.78 is 5.33. The summed E-state index contributed by atoms with van der Waals surface area (Å²) in [5.74, 6) is 0.914. The van der Waals surface area contributed by atoms with Crippen LogP contribution in [0.3, 0.4) is 0 Å². The van der Waals surface area contributed by atoms with Gasteiger partial charge in [0.2, 0.25) is 0 Å². The maximum absolute atomic E-state index is 5.33. The number of benzene rings is 1. The normalized spacial score (nSPS) is 19.5. The van der Waals surface area contributed by atoms with E-state index in [9.17, 15) is 0 Å². The lowest BCUT2D eigenvalue weighted by Crippen LogP contribution is -2.30. The van der Waals surface area contributed by atoms with Crippen LogP contribution in [0.5, 0.6) is 0 Å². The van der Waals surface area contributed by atoms with Crippen LogP contribution in [0, 0.1) is 13.8 Å². The van der Waals surface area contributed by atoms with Gasteiger partial charge in [0.25, 0.3) is 0 Å². The fourth-order valence-corrected chi connectivity index (χ4v) is 3.10. The maximum atomic E-state index is 5.33. The molecule has 0 bridgehead atoms. The van der Waals surface area contributed by atoms with Crippen molar-refractivity contribution in [2.75, 3.05) is 13.6 Å². The van der Waals surface area contributed by atoms with Crippen LogP contribution in [0.1, 0.15) is 35.5 Å². The molecular weight excluding hydrogens is 236 g/mol. The van der Waals surface area contributed by atoms with E-state index < -0.39 is 0 Å². The summed E-state index contributed by atoms with van der Waals surface area (Å²) in [7, 11) is 2.19. The number of aryl methyl sites for hydroxylation is 2. The third-order valence-electron chi connectivity index (χ3n) is 4.34. The molecule has 1 aliphatic heterocycles. The van der Waals surface area contributed by atoms with Gasteiger partial charge in [-0.15, -0.1) is 0 Å². The van der Waals surface area contributed by atoms with E-state index in [0.717, 1.165) is 24.4 Å². The van der Waals surface area contributed by atoms with Crippen LogP contribution >= 0.6 is 0 Å². The van der Waals surface area contributed by atoms with Crippen molar-refractivity contribution in [1.29, 1.82) is 0 Å². The molecule has 3 heteroatoms. The number of hydrogen-bond donors (Lipinski definition) is 0. The summed E-state index contributed by atoms with van der Waals surface area (Å²) in [5, 5.41) is 4.09. The summed E-state index contributed by atoms with van der Waals surface area (Å²) in [5.41, 5.74) is 6.36. The Morgan fingerprint density at radius 2 is 2.11 bits per heavy atom. The van der Waals surface area contributed by atoms with Crippen LogP contribution in [-0.4, -0.2) is 23.6 Å². The molecule has 0 amide bonds. The van der Waals surface area contributed by atoms with Gasteiger partial charge in [-0.05, 0) is 50.9 Å². The first-order valence-corrected chi connectivity index (χ1v) is 6.85. The number of fused-ring (bicyclic) bond motifs is 1. The molecule has 2 heterocycles. The predicted octanol–water partition coefficient (Wildman–Crippen LogP) is 3.51. The predicted molar refractivity (Wildman–Crippen MR) is 76.2 cm³/mol. The highest BCUT2D eigenvalue weighted by molar-refractivity contribution is 5.72. The highest BCUT2D eigenvalue weighted by Gasteiger charge is 2.25. The summed E-state index contributed by atoms with van der Waals surface area (Å²) in [6.07, 6.45) is 1.09. The molecule has 0 fully saturated rings. The molecule has 0 saturated heterocycles. The molecule has 0 radical (unpaired) electrons. The second-order valence-electron chi connectivity index (χ2n) is 5.48. The zero-order chi connectivity index (χ0) is 13.6. The topological polar surface area (TPSA) is 29.3 Å². The van der Waals surface area contributed by atoms with Gasteiger partial charge in [0.05, 0.1) is 5.69 Å². The van der Waals surface area contributed by atoms with Crippen molar-refractivity contribution in [3.8, 4) is 11.1 Å². The fourth-order valence-electron chi connectivity index (χ4n) is 3.10. The van der Waals surface area contributed by atoms with Crippen molar-refractivity contribution < 1.29 is 4.52 Å². The largest absolute Gasteiger partial charge is 0.361 e. The van der Waals surface area contributed by atoms with Crippen LogP contribution in [-0.2, 0) is 6.42 Å². The zero-order valence-corrected chi connectivity index (χ0v) is 12.0. The van der Waals surface area contributed by atoms with Gasteiger partial charge < -0.3 is 4.52 Å². The second kappa shape index (κ2) is 4.49. The molecule has 1 aromatic heterocycles. The molecule has 0 aliphatic carbocycles. The van der Waals surface area contributed by atoms with Gasteiger partial charge in [-0.2, -0.15) is 0 Å². The number of nitrogens with zero attached hydrogens (tertiary/aromatic N) is 2. The standard InChI is InChI=1S/C16H20N2O/c1-10-16(12(3)19-17-10)15-7-5-6-13-11(2)18(4)9-8-14(13)15/h5-7,11H,8-9H2,1-4H3. The van der Waals surface area contributed by atoms with Crippen molar-refractivity contribution >= 4 is 0 Å². The van der Waals surface area contributed by atoms with E-state index in [2.05, 4.69) is 42.2 Å². The van der Waals surface area contributed by atoms with E-state index in [4.69, 9.17) is 4.52 Å². The van der Waals surface area contributed by atoms with E-state index in [-0.39, 0.29) is 0 Å². The first-order valence-electron chi connectivity index (χ1n) is 6.85. The molecule has 0 N–H and O–H groups in total. The molecule has 0 saturated carbocycles. The molecule has 1 aliphatic rings. The summed E-state index contributed by atoms with van der Waals surface area (Å²) in [6.45, 7) is 7.39. The minimum absolute atomic E-state index is 0.476. The van der Waals surface area contributed by atoms with Crippen molar-refractivity contribution in [3.05, 3.63) is 40.8 Å². The van der Waals surface area contributed by atoms with Crippen LogP contribution in [0.15, 0.2) is 22.7 Å². The third kappa shape index (κ3) is 1.89. The minimum Gasteiger partial charge on any atom is -0.361 e. The molecule has 19 heavy (non-hydrogen) atoms. The number of rotatable bonds is 1. The van der Waals surface area contributed by atoms with Gasteiger partial charge in [-0.3, -0.25) is 4.90 Å². The molecule has 1 unspecified atom stereocenters. The molecule has 100 valence electrons. The van der Waals surface area contributed by atoms with Gasteiger partial charge in [0, 0.05) is 18.2 Å². The Bertz CT molecular complexity index is 596. The highest BCUT2D eigenvalue weighted by atomic mass is 16.5. The zero-order valence-electron chi connectivity index (χ0n) is 12.0. The maximum Gasteiger partial charge on any atom is 0.141 e. The van der Waals surface area contributed by atoms with E-state index in [1.165, 1.54) is 22.3 Å². The van der Waals surface area contributed by atoms with Gasteiger partial charge in [-0.1, -0.05) is 23.4 Å². The first kappa shape index (κ1) is 12.4. The Balaban J connectivity index is 2.20. The van der Waals surface area contributed by atoms with E-state index >= 15 is 0 Å². The van der Waals surface area contributed by atoms with E-state index in [0.29, 0.717) is 6.04 Å². The molecule has 1 aromatic carbocycles. The fraction of sp³-hybridized carbons (Fsp3) is 0.438. The van der Waals surface area contributed by atoms with Crippen LogP contribution in [0.25, 0.3) is 11.1 Å². The third-order valence-corrected chi connectivity index (χ3v) is 4.34. The molecular formula is C16H20N2O. The Morgan fingerprint density at radius 3 is 2.79 bits per heavy atom. The van der Waals surface area contributed by atoms with Gasteiger partial charge in [0.1, 0.15) is 5.76 Å². The molecule has 2 aromatic rings. The lowest BCUT2D eigenvalue weighted by molar-refractivity contribution is 0.248. The van der Waals surface area contributed by atoms with Crippen LogP contribution in [0.2, 0.25) is 0 Å². The summed E-state index contributed by atoms with van der Waals surface area (Å²) >= 11 is 0. The van der Waals surface area contributed by atoms with Crippen molar-refractivity contribution in [2.24, 2.45) is 0 Å². The Kier molecular flexibility index (Phi) is 2.94. The Morgan fingerprint density at radius 1 is 1.32 bits per heavy atom. The van der Waals surface area contributed by atoms with Gasteiger partial charge in [0.15, 0.2) is 0 Å². The average molecular weight is 256 g/mol. The van der Waals surface area contributed by atoms with Gasteiger partial charge >= 0.3 is 0 Å². The number of likely N-dealkylation sites (N-methyl/N-ethyl adjacent to an activating group) is 1. The molecule has 3 rings (SSSR count). The highest BCUT2D eigenvalue weighted by Crippen LogP contribution is 2.37. The number of aromatic nitrogens is 1. The second-order valence-corrected chi connectivity index (χ2v) is 5.48. The van der Waals surface area contributed by atoms with E-state index in [1.54, 1.807) is 0 Å². The van der Waals surface area contributed by atoms with Crippen LogP contribution in [0.4, 0.5) is 0 Å². The Hall–Kier alpha value is -1.61. The lowest BCUT2D eigenvalue weighted by Gasteiger charge is -2.33. The summed E-state index contributed by atoms with van der Waals surface area (Å²) in [4.78, 5) is 2.40. The van der Waals surface area contributed by atoms with Crippen molar-refractivity contribution in [1.82, 2.24) is 10.1 Å². The smallest absolute Gasteiger partial charge is 0.141 e. The van der Waals surface area contributed by atoms with E-state index in [1.807, 2.05) is 13.8 Å². The lowest BCUT2D eigenvalue weighted by atomic mass is 9.87. The molecule has 1 atom stereocenters. The molecule has 0 spiro atoms. The molecule has 3 nitrogen and oxygen atoms in total. The first-order chi connectivity index (χ1) is 9.09.